The predicted octanol–water partition coefficient (Wildman–Crippen LogP) is 2.92. The van der Waals surface area contributed by atoms with Crippen molar-refractivity contribution in [2.45, 2.75) is 46.1 Å². The molecule has 1 aromatic carbocycles. The molecule has 1 N–H and O–H groups in total. The van der Waals surface area contributed by atoms with Gasteiger partial charge in [-0.1, -0.05) is 26.0 Å². The molecule has 0 bridgehead atoms. The van der Waals surface area contributed by atoms with Crippen LogP contribution in [0.25, 0.3) is 0 Å². The predicted molar refractivity (Wildman–Crippen MR) is 102 cm³/mol. The molecule has 1 atom stereocenters. The molecule has 0 radical (unpaired) electrons. The highest BCUT2D eigenvalue weighted by Crippen LogP contribution is 2.20. The standard InChI is InChI=1S/C20H28N4O3/c1-13(2)12-17(19-23-22-14(3)27-19)21-18(25)11-8-15-6-9-16(10-7-15)20(26)24(4)5/h6-7,9-10,13,17H,8,11-12H2,1-5H3,(H,21,25). The second-order valence-electron chi connectivity index (χ2n) is 7.31. The minimum absolute atomic E-state index is 0.0364. The highest BCUT2D eigenvalue weighted by molar-refractivity contribution is 5.93. The van der Waals surface area contributed by atoms with Gasteiger partial charge in [-0.15, -0.1) is 10.2 Å². The highest BCUT2D eigenvalue weighted by Gasteiger charge is 2.21. The third-order valence-corrected chi connectivity index (χ3v) is 4.13. The maximum atomic E-state index is 12.4. The lowest BCUT2D eigenvalue weighted by atomic mass is 10.0. The van der Waals surface area contributed by atoms with Crippen LogP contribution in [-0.2, 0) is 11.2 Å². The molecule has 7 nitrogen and oxygen atoms in total. The van der Waals surface area contributed by atoms with Gasteiger partial charge in [-0.2, -0.15) is 0 Å². The number of carbonyl (C=O) groups excluding carboxylic acids is 2. The molecule has 1 unspecified atom stereocenters. The number of benzene rings is 1. The van der Waals surface area contributed by atoms with Crippen LogP contribution in [0.2, 0.25) is 0 Å². The van der Waals surface area contributed by atoms with Gasteiger partial charge in [0.2, 0.25) is 17.7 Å². The molecule has 2 amide bonds. The zero-order valence-electron chi connectivity index (χ0n) is 16.7. The minimum atomic E-state index is -0.279. The number of rotatable bonds is 8. The Morgan fingerprint density at radius 2 is 1.81 bits per heavy atom. The van der Waals surface area contributed by atoms with Gasteiger partial charge in [0.05, 0.1) is 0 Å². The average molecular weight is 372 g/mol. The van der Waals surface area contributed by atoms with E-state index in [-0.39, 0.29) is 17.9 Å². The Labute approximate surface area is 160 Å². The summed E-state index contributed by atoms with van der Waals surface area (Å²) in [5.74, 6) is 1.21. The molecule has 0 saturated heterocycles. The number of hydrogen-bond acceptors (Lipinski definition) is 5. The summed E-state index contributed by atoms with van der Waals surface area (Å²) in [6.45, 7) is 5.90. The number of nitrogens with one attached hydrogen (secondary N) is 1. The van der Waals surface area contributed by atoms with Crippen molar-refractivity contribution in [1.29, 1.82) is 0 Å². The first kappa shape index (κ1) is 20.6. The zero-order valence-corrected chi connectivity index (χ0v) is 16.7. The van der Waals surface area contributed by atoms with Crippen LogP contribution in [0.3, 0.4) is 0 Å². The van der Waals surface area contributed by atoms with Crippen LogP contribution in [0.4, 0.5) is 0 Å². The number of aromatic nitrogens is 2. The highest BCUT2D eigenvalue weighted by atomic mass is 16.4. The van der Waals surface area contributed by atoms with Gasteiger partial charge in [0, 0.05) is 33.0 Å². The van der Waals surface area contributed by atoms with Crippen molar-refractivity contribution in [1.82, 2.24) is 20.4 Å². The maximum Gasteiger partial charge on any atom is 0.253 e. The number of amides is 2. The van der Waals surface area contributed by atoms with Crippen molar-refractivity contribution < 1.29 is 14.0 Å². The molecular formula is C20H28N4O3. The van der Waals surface area contributed by atoms with Crippen LogP contribution in [0.15, 0.2) is 28.7 Å². The lowest BCUT2D eigenvalue weighted by molar-refractivity contribution is -0.122. The molecule has 0 saturated carbocycles. The van der Waals surface area contributed by atoms with E-state index in [1.165, 1.54) is 4.90 Å². The van der Waals surface area contributed by atoms with Crippen molar-refractivity contribution in [2.75, 3.05) is 14.1 Å². The van der Waals surface area contributed by atoms with Gasteiger partial charge in [0.25, 0.3) is 5.91 Å². The Hall–Kier alpha value is -2.70. The van der Waals surface area contributed by atoms with Crippen molar-refractivity contribution in [3.05, 3.63) is 47.2 Å². The molecule has 146 valence electrons. The molecule has 0 spiro atoms. The maximum absolute atomic E-state index is 12.4. The summed E-state index contributed by atoms with van der Waals surface area (Å²) in [7, 11) is 3.44. The van der Waals surface area contributed by atoms with Crippen LogP contribution in [0.1, 0.15) is 60.4 Å². The second kappa shape index (κ2) is 9.30. The smallest absolute Gasteiger partial charge is 0.253 e. The Bertz CT molecular complexity index is 766. The van der Waals surface area contributed by atoms with E-state index in [9.17, 15) is 9.59 Å². The monoisotopic (exact) mass is 372 g/mol. The lowest BCUT2D eigenvalue weighted by Gasteiger charge is -2.17. The summed E-state index contributed by atoms with van der Waals surface area (Å²) in [4.78, 5) is 25.8. The van der Waals surface area contributed by atoms with Crippen LogP contribution in [0, 0.1) is 12.8 Å². The summed E-state index contributed by atoms with van der Waals surface area (Å²) >= 11 is 0. The number of hydrogen-bond donors (Lipinski definition) is 1. The molecule has 1 heterocycles. The van der Waals surface area contributed by atoms with E-state index in [0.717, 1.165) is 12.0 Å². The van der Waals surface area contributed by atoms with Crippen LogP contribution in [-0.4, -0.2) is 41.0 Å². The van der Waals surface area contributed by atoms with Crippen LogP contribution in [0.5, 0.6) is 0 Å². The van der Waals surface area contributed by atoms with Crippen molar-refractivity contribution in [3.8, 4) is 0 Å². The quantitative estimate of drug-likeness (QED) is 0.770. The van der Waals surface area contributed by atoms with Gasteiger partial charge in [0.1, 0.15) is 6.04 Å². The molecule has 2 aromatic rings. The second-order valence-corrected chi connectivity index (χ2v) is 7.31. The Balaban J connectivity index is 1.92. The van der Waals surface area contributed by atoms with E-state index in [4.69, 9.17) is 4.42 Å². The Kier molecular flexibility index (Phi) is 7.10. The van der Waals surface area contributed by atoms with Gasteiger partial charge < -0.3 is 14.6 Å². The van der Waals surface area contributed by atoms with Gasteiger partial charge in [-0.3, -0.25) is 9.59 Å². The van der Waals surface area contributed by atoms with E-state index in [0.29, 0.717) is 36.1 Å². The fourth-order valence-electron chi connectivity index (χ4n) is 2.74. The average Bonchev–Trinajstić information content (AvgIpc) is 3.05. The van der Waals surface area contributed by atoms with E-state index in [1.807, 2.05) is 12.1 Å². The van der Waals surface area contributed by atoms with E-state index in [2.05, 4.69) is 29.4 Å². The molecule has 7 heteroatoms. The van der Waals surface area contributed by atoms with Gasteiger partial charge in [0.15, 0.2) is 0 Å². The van der Waals surface area contributed by atoms with Crippen LogP contribution < -0.4 is 5.32 Å². The van der Waals surface area contributed by atoms with Gasteiger partial charge in [-0.25, -0.2) is 0 Å². The third-order valence-electron chi connectivity index (χ3n) is 4.13. The number of nitrogens with zero attached hydrogens (tertiary/aromatic N) is 3. The Morgan fingerprint density at radius 3 is 2.33 bits per heavy atom. The van der Waals surface area contributed by atoms with Crippen molar-refractivity contribution in [3.63, 3.8) is 0 Å². The molecule has 2 rings (SSSR count). The lowest BCUT2D eigenvalue weighted by Crippen LogP contribution is -2.30. The summed E-state index contributed by atoms with van der Waals surface area (Å²) in [6, 6.07) is 7.07. The minimum Gasteiger partial charge on any atom is -0.423 e. The zero-order chi connectivity index (χ0) is 20.0. The first-order valence-corrected chi connectivity index (χ1v) is 9.16. The SMILES string of the molecule is Cc1nnc(C(CC(C)C)NC(=O)CCc2ccc(C(=O)N(C)C)cc2)o1. The van der Waals surface area contributed by atoms with E-state index < -0.39 is 0 Å². The Morgan fingerprint density at radius 1 is 1.15 bits per heavy atom. The van der Waals surface area contributed by atoms with Crippen LogP contribution >= 0.6 is 0 Å². The molecule has 0 fully saturated rings. The van der Waals surface area contributed by atoms with Gasteiger partial charge in [-0.05, 0) is 36.5 Å². The molecule has 1 aromatic heterocycles. The molecule has 27 heavy (non-hydrogen) atoms. The number of carbonyl (C=O) groups is 2. The van der Waals surface area contributed by atoms with E-state index in [1.54, 1.807) is 33.2 Å². The molecular weight excluding hydrogens is 344 g/mol. The van der Waals surface area contributed by atoms with Crippen molar-refractivity contribution in [2.24, 2.45) is 5.92 Å². The summed E-state index contributed by atoms with van der Waals surface area (Å²) in [6.07, 6.45) is 1.68. The first-order chi connectivity index (χ1) is 12.8. The fraction of sp³-hybridized carbons (Fsp3) is 0.500. The first-order valence-electron chi connectivity index (χ1n) is 9.16. The normalized spacial score (nSPS) is 12.1. The van der Waals surface area contributed by atoms with Gasteiger partial charge >= 0.3 is 0 Å². The third kappa shape index (κ3) is 6.20. The topological polar surface area (TPSA) is 88.3 Å². The summed E-state index contributed by atoms with van der Waals surface area (Å²) in [5.41, 5.74) is 1.64. The molecule has 0 aliphatic rings. The fourth-order valence-corrected chi connectivity index (χ4v) is 2.74. The number of aryl methyl sites for hydroxylation is 2. The largest absolute Gasteiger partial charge is 0.423 e. The molecule has 0 aliphatic heterocycles. The van der Waals surface area contributed by atoms with E-state index >= 15 is 0 Å². The summed E-state index contributed by atoms with van der Waals surface area (Å²) in [5, 5.41) is 10.9. The molecule has 0 aliphatic carbocycles. The van der Waals surface area contributed by atoms with Crippen molar-refractivity contribution >= 4 is 11.8 Å². The summed E-state index contributed by atoms with van der Waals surface area (Å²) < 4.78 is 5.49.